The van der Waals surface area contributed by atoms with E-state index in [0.29, 0.717) is 18.0 Å². The molecule has 1 N–H and O–H groups in total. The molecule has 0 fully saturated rings. The second kappa shape index (κ2) is 7.68. The van der Waals surface area contributed by atoms with Crippen molar-refractivity contribution in [1.29, 1.82) is 0 Å². The van der Waals surface area contributed by atoms with Crippen molar-refractivity contribution in [3.63, 3.8) is 0 Å². The van der Waals surface area contributed by atoms with Crippen LogP contribution in [-0.4, -0.2) is 18.6 Å². The molecule has 2 aromatic rings. The zero-order valence-electron chi connectivity index (χ0n) is 14.1. The van der Waals surface area contributed by atoms with Crippen LogP contribution in [0.3, 0.4) is 0 Å². The first-order chi connectivity index (χ1) is 11.0. The fraction of sp³-hybridized carbons (Fsp3) is 0.316. The first kappa shape index (κ1) is 16.9. The maximum absolute atomic E-state index is 12.3. The van der Waals surface area contributed by atoms with Crippen LogP contribution in [0.5, 0.6) is 11.5 Å². The summed E-state index contributed by atoms with van der Waals surface area (Å²) in [6.45, 7) is 8.30. The maximum atomic E-state index is 12.3. The van der Waals surface area contributed by atoms with Crippen LogP contribution in [0, 0.1) is 13.8 Å². The first-order valence-corrected chi connectivity index (χ1v) is 7.77. The van der Waals surface area contributed by atoms with E-state index < -0.39 is 6.10 Å². The van der Waals surface area contributed by atoms with Crippen LogP contribution in [0.25, 0.3) is 0 Å². The topological polar surface area (TPSA) is 47.6 Å². The van der Waals surface area contributed by atoms with Crippen LogP contribution in [0.2, 0.25) is 0 Å². The summed E-state index contributed by atoms with van der Waals surface area (Å²) in [5, 5.41) is 2.84. The molecule has 0 spiro atoms. The Bertz CT molecular complexity index is 682. The number of benzene rings is 2. The molecule has 4 nitrogen and oxygen atoms in total. The van der Waals surface area contributed by atoms with Crippen LogP contribution in [0.15, 0.2) is 42.5 Å². The Morgan fingerprint density at radius 1 is 1.09 bits per heavy atom. The lowest BCUT2D eigenvalue weighted by Crippen LogP contribution is -2.30. The van der Waals surface area contributed by atoms with Crippen molar-refractivity contribution >= 4 is 11.6 Å². The standard InChI is InChI=1S/C19H23NO3/c1-5-22-17-8-6-7-16(12-17)20-19(21)15(4)23-18-10-9-13(2)14(3)11-18/h6-12,15H,5H2,1-4H3,(H,20,21)/t15-/m0/s1. The molecule has 0 aliphatic heterocycles. The van der Waals surface area contributed by atoms with Gasteiger partial charge in [0.1, 0.15) is 11.5 Å². The molecule has 2 aromatic carbocycles. The molecular formula is C19H23NO3. The van der Waals surface area contributed by atoms with Gasteiger partial charge in [-0.1, -0.05) is 12.1 Å². The van der Waals surface area contributed by atoms with E-state index in [2.05, 4.69) is 5.32 Å². The van der Waals surface area contributed by atoms with Gasteiger partial charge in [-0.3, -0.25) is 4.79 Å². The highest BCUT2D eigenvalue weighted by molar-refractivity contribution is 5.94. The number of carbonyl (C=O) groups excluding carboxylic acids is 1. The molecule has 122 valence electrons. The van der Waals surface area contributed by atoms with Gasteiger partial charge in [0.2, 0.25) is 0 Å². The summed E-state index contributed by atoms with van der Waals surface area (Å²) in [5.41, 5.74) is 3.03. The van der Waals surface area contributed by atoms with Gasteiger partial charge in [0.15, 0.2) is 6.10 Å². The summed E-state index contributed by atoms with van der Waals surface area (Å²) in [6.07, 6.45) is -0.590. The van der Waals surface area contributed by atoms with Crippen molar-refractivity contribution in [2.45, 2.75) is 33.8 Å². The third-order valence-corrected chi connectivity index (χ3v) is 3.57. The molecule has 2 rings (SSSR count). The maximum Gasteiger partial charge on any atom is 0.265 e. The lowest BCUT2D eigenvalue weighted by molar-refractivity contribution is -0.122. The van der Waals surface area contributed by atoms with Crippen LogP contribution in [0.4, 0.5) is 5.69 Å². The van der Waals surface area contributed by atoms with E-state index in [1.165, 1.54) is 5.56 Å². The summed E-state index contributed by atoms with van der Waals surface area (Å²) in [7, 11) is 0. The number of ether oxygens (including phenoxy) is 2. The monoisotopic (exact) mass is 313 g/mol. The van der Waals surface area contributed by atoms with Gasteiger partial charge in [0.25, 0.3) is 5.91 Å². The van der Waals surface area contributed by atoms with Crippen molar-refractivity contribution in [2.75, 3.05) is 11.9 Å². The van der Waals surface area contributed by atoms with E-state index in [1.807, 2.05) is 57.2 Å². The Labute approximate surface area is 137 Å². The van der Waals surface area contributed by atoms with E-state index >= 15 is 0 Å². The molecule has 23 heavy (non-hydrogen) atoms. The van der Waals surface area contributed by atoms with Crippen LogP contribution >= 0.6 is 0 Å². The van der Waals surface area contributed by atoms with Gasteiger partial charge in [-0.25, -0.2) is 0 Å². The van der Waals surface area contributed by atoms with E-state index in [4.69, 9.17) is 9.47 Å². The second-order valence-corrected chi connectivity index (χ2v) is 5.46. The largest absolute Gasteiger partial charge is 0.494 e. The van der Waals surface area contributed by atoms with E-state index in [0.717, 1.165) is 11.3 Å². The highest BCUT2D eigenvalue weighted by Gasteiger charge is 2.15. The Morgan fingerprint density at radius 3 is 2.57 bits per heavy atom. The third kappa shape index (κ3) is 4.74. The molecule has 0 heterocycles. The van der Waals surface area contributed by atoms with Crippen molar-refractivity contribution in [2.24, 2.45) is 0 Å². The molecule has 4 heteroatoms. The zero-order valence-corrected chi connectivity index (χ0v) is 14.1. The van der Waals surface area contributed by atoms with Gasteiger partial charge in [-0.05, 0) is 63.1 Å². The smallest absolute Gasteiger partial charge is 0.265 e. The number of rotatable bonds is 6. The summed E-state index contributed by atoms with van der Waals surface area (Å²) in [5.74, 6) is 1.23. The zero-order chi connectivity index (χ0) is 16.8. The van der Waals surface area contributed by atoms with E-state index in [-0.39, 0.29) is 5.91 Å². The molecule has 0 aliphatic carbocycles. The molecule has 0 unspecified atom stereocenters. The van der Waals surface area contributed by atoms with Crippen molar-refractivity contribution in [3.05, 3.63) is 53.6 Å². The Kier molecular flexibility index (Phi) is 5.63. The minimum Gasteiger partial charge on any atom is -0.494 e. The van der Waals surface area contributed by atoms with Crippen molar-refractivity contribution < 1.29 is 14.3 Å². The molecule has 0 bridgehead atoms. The predicted molar refractivity (Wildman–Crippen MR) is 92.2 cm³/mol. The Hall–Kier alpha value is -2.49. The second-order valence-electron chi connectivity index (χ2n) is 5.46. The summed E-state index contributed by atoms with van der Waals surface area (Å²) in [4.78, 5) is 12.3. The quantitative estimate of drug-likeness (QED) is 0.873. The number of anilines is 1. The molecule has 0 saturated heterocycles. The fourth-order valence-electron chi connectivity index (χ4n) is 2.12. The lowest BCUT2D eigenvalue weighted by atomic mass is 10.1. The summed E-state index contributed by atoms with van der Waals surface area (Å²) in [6, 6.07) is 13.1. The molecule has 1 amide bonds. The van der Waals surface area contributed by atoms with Gasteiger partial charge in [-0.2, -0.15) is 0 Å². The Balaban J connectivity index is 1.99. The van der Waals surface area contributed by atoms with Crippen LogP contribution in [-0.2, 0) is 4.79 Å². The first-order valence-electron chi connectivity index (χ1n) is 7.77. The molecule has 0 radical (unpaired) electrons. The number of amides is 1. The average Bonchev–Trinajstić information content (AvgIpc) is 2.51. The number of hydrogen-bond acceptors (Lipinski definition) is 3. The predicted octanol–water partition coefficient (Wildman–Crippen LogP) is 4.11. The average molecular weight is 313 g/mol. The molecule has 0 saturated carbocycles. The molecule has 1 atom stereocenters. The third-order valence-electron chi connectivity index (χ3n) is 3.57. The normalized spacial score (nSPS) is 11.7. The number of aryl methyl sites for hydroxylation is 2. The number of hydrogen-bond donors (Lipinski definition) is 1. The number of nitrogens with one attached hydrogen (secondary N) is 1. The summed E-state index contributed by atoms with van der Waals surface area (Å²) >= 11 is 0. The van der Waals surface area contributed by atoms with Gasteiger partial charge in [-0.15, -0.1) is 0 Å². The van der Waals surface area contributed by atoms with Crippen molar-refractivity contribution in [1.82, 2.24) is 0 Å². The van der Waals surface area contributed by atoms with Gasteiger partial charge in [0.05, 0.1) is 6.61 Å². The Morgan fingerprint density at radius 2 is 1.87 bits per heavy atom. The summed E-state index contributed by atoms with van der Waals surface area (Å²) < 4.78 is 11.1. The number of carbonyl (C=O) groups is 1. The van der Waals surface area contributed by atoms with Gasteiger partial charge >= 0.3 is 0 Å². The molecular weight excluding hydrogens is 290 g/mol. The molecule has 0 aliphatic rings. The lowest BCUT2D eigenvalue weighted by Gasteiger charge is -2.16. The minimum atomic E-state index is -0.590. The molecule has 0 aromatic heterocycles. The highest BCUT2D eigenvalue weighted by Crippen LogP contribution is 2.20. The van der Waals surface area contributed by atoms with Crippen LogP contribution < -0.4 is 14.8 Å². The van der Waals surface area contributed by atoms with E-state index in [9.17, 15) is 4.79 Å². The highest BCUT2D eigenvalue weighted by atomic mass is 16.5. The van der Waals surface area contributed by atoms with E-state index in [1.54, 1.807) is 13.0 Å². The van der Waals surface area contributed by atoms with Crippen LogP contribution in [0.1, 0.15) is 25.0 Å². The van der Waals surface area contributed by atoms with Crippen molar-refractivity contribution in [3.8, 4) is 11.5 Å². The minimum absolute atomic E-state index is 0.197. The fourth-order valence-corrected chi connectivity index (χ4v) is 2.12. The SMILES string of the molecule is CCOc1cccc(NC(=O)[C@H](C)Oc2ccc(C)c(C)c2)c1. The van der Waals surface area contributed by atoms with Gasteiger partial charge in [0, 0.05) is 11.8 Å². The van der Waals surface area contributed by atoms with Gasteiger partial charge < -0.3 is 14.8 Å².